The second-order valence-corrected chi connectivity index (χ2v) is 7.45. The molecule has 19 heavy (non-hydrogen) atoms. The van der Waals surface area contributed by atoms with Gasteiger partial charge in [-0.05, 0) is 25.0 Å². The Morgan fingerprint density at radius 3 is 2.05 bits per heavy atom. The van der Waals surface area contributed by atoms with Crippen LogP contribution in [0.15, 0.2) is 30.3 Å². The lowest BCUT2D eigenvalue weighted by Gasteiger charge is -2.22. The van der Waals surface area contributed by atoms with Crippen LogP contribution in [-0.4, -0.2) is 34.5 Å². The van der Waals surface area contributed by atoms with Gasteiger partial charge < -0.3 is 4.52 Å². The molecule has 0 amide bonds. The second-order valence-electron chi connectivity index (χ2n) is 5.26. The highest BCUT2D eigenvalue weighted by molar-refractivity contribution is 7.55. The second kappa shape index (κ2) is 4.93. The Morgan fingerprint density at radius 2 is 1.63 bits per heavy atom. The Kier molecular flexibility index (Phi) is 3.42. The first-order valence-corrected chi connectivity index (χ1v) is 8.61. The largest absolute Gasteiger partial charge is 0.422 e. The summed E-state index contributed by atoms with van der Waals surface area (Å²) in [5.74, 6) is 0.703. The Morgan fingerprint density at radius 1 is 1.11 bits per heavy atom. The fourth-order valence-corrected chi connectivity index (χ4v) is 5.35. The summed E-state index contributed by atoms with van der Waals surface area (Å²) in [7, 11) is -2.84. The summed E-state index contributed by atoms with van der Waals surface area (Å²) in [5, 5.41) is 0. The van der Waals surface area contributed by atoms with E-state index >= 15 is 0 Å². The van der Waals surface area contributed by atoms with Gasteiger partial charge in [0.2, 0.25) is 0 Å². The molecular formula is C14H21N2O2P. The molecule has 2 fully saturated rings. The van der Waals surface area contributed by atoms with E-state index in [0.29, 0.717) is 17.8 Å². The lowest BCUT2D eigenvalue weighted by atomic mass is 10.3. The van der Waals surface area contributed by atoms with Gasteiger partial charge in [0, 0.05) is 25.2 Å². The van der Waals surface area contributed by atoms with Gasteiger partial charge in [0.05, 0.1) is 0 Å². The van der Waals surface area contributed by atoms with E-state index in [2.05, 4.69) is 13.8 Å². The Bertz CT molecular complexity index is 471. The van der Waals surface area contributed by atoms with Crippen molar-refractivity contribution in [2.45, 2.75) is 38.8 Å². The van der Waals surface area contributed by atoms with E-state index in [1.165, 1.54) is 0 Å². The van der Waals surface area contributed by atoms with Crippen molar-refractivity contribution in [3.63, 3.8) is 0 Å². The maximum Gasteiger partial charge on any atom is 0.396 e. The summed E-state index contributed by atoms with van der Waals surface area (Å²) < 4.78 is 23.3. The number of rotatable bonds is 6. The fraction of sp³-hybridized carbons (Fsp3) is 0.571. The van der Waals surface area contributed by atoms with Crippen molar-refractivity contribution in [1.82, 2.24) is 9.34 Å². The first kappa shape index (κ1) is 13.2. The lowest BCUT2D eigenvalue weighted by molar-refractivity contribution is 0.395. The molecule has 4 nitrogen and oxygen atoms in total. The average molecular weight is 280 g/mol. The molecule has 0 radical (unpaired) electrons. The molecule has 5 heteroatoms. The Hall–Kier alpha value is -0.830. The van der Waals surface area contributed by atoms with Crippen LogP contribution < -0.4 is 4.52 Å². The third kappa shape index (κ3) is 2.45. The highest BCUT2D eigenvalue weighted by atomic mass is 31.2. The normalized spacial score (nSPS) is 35.5. The van der Waals surface area contributed by atoms with Crippen molar-refractivity contribution in [3.05, 3.63) is 30.3 Å². The van der Waals surface area contributed by atoms with E-state index in [9.17, 15) is 4.57 Å². The Balaban J connectivity index is 1.80. The lowest BCUT2D eigenvalue weighted by Crippen LogP contribution is -2.14. The molecule has 0 bridgehead atoms. The van der Waals surface area contributed by atoms with Crippen LogP contribution in [-0.2, 0) is 4.57 Å². The minimum atomic E-state index is -2.84. The van der Waals surface area contributed by atoms with Gasteiger partial charge >= 0.3 is 7.67 Å². The first-order valence-electron chi connectivity index (χ1n) is 7.08. The standard InChI is InChI=1S/C14H21N2O2P/c1-3-12-10-15(12)19(17,16-11-13(16)4-2)18-14-8-6-5-7-9-14/h5-9,12-13H,3-4,10-11H2,1-2H3/t12-,13-,15?,16?,19?/m0/s1. The van der Waals surface area contributed by atoms with Gasteiger partial charge in [0.15, 0.2) is 0 Å². The van der Waals surface area contributed by atoms with Crippen LogP contribution in [0.1, 0.15) is 26.7 Å². The molecule has 2 heterocycles. The van der Waals surface area contributed by atoms with Gasteiger partial charge in [0.1, 0.15) is 5.75 Å². The molecule has 0 aliphatic carbocycles. The highest BCUT2D eigenvalue weighted by Gasteiger charge is 2.58. The molecule has 0 saturated carbocycles. The molecule has 2 saturated heterocycles. The molecule has 2 aliphatic heterocycles. The van der Waals surface area contributed by atoms with E-state index in [-0.39, 0.29) is 0 Å². The van der Waals surface area contributed by atoms with Crippen molar-refractivity contribution in [2.75, 3.05) is 13.1 Å². The maximum absolute atomic E-state index is 13.3. The third-order valence-electron chi connectivity index (χ3n) is 3.93. The predicted molar refractivity (Wildman–Crippen MR) is 76.2 cm³/mol. The molecule has 1 aromatic carbocycles. The number of nitrogens with zero attached hydrogens (tertiary/aromatic N) is 2. The number of para-hydroxylation sites is 1. The summed E-state index contributed by atoms with van der Waals surface area (Å²) in [6.07, 6.45) is 2.07. The number of hydrogen-bond acceptors (Lipinski definition) is 2. The Labute approximate surface area is 114 Å². The molecule has 0 aromatic heterocycles. The number of benzene rings is 1. The minimum absolute atomic E-state index is 0.424. The summed E-state index contributed by atoms with van der Waals surface area (Å²) in [5.41, 5.74) is 0. The van der Waals surface area contributed by atoms with Crippen molar-refractivity contribution in [2.24, 2.45) is 0 Å². The van der Waals surface area contributed by atoms with Crippen molar-refractivity contribution < 1.29 is 9.09 Å². The third-order valence-corrected chi connectivity index (χ3v) is 6.66. The van der Waals surface area contributed by atoms with Gasteiger partial charge in [-0.15, -0.1) is 0 Å². The monoisotopic (exact) mass is 280 g/mol. The van der Waals surface area contributed by atoms with Crippen molar-refractivity contribution in [3.8, 4) is 5.75 Å². The molecule has 2 unspecified atom stereocenters. The van der Waals surface area contributed by atoms with Crippen molar-refractivity contribution >= 4 is 7.67 Å². The zero-order chi connectivity index (χ0) is 13.5. The topological polar surface area (TPSA) is 32.3 Å². The van der Waals surface area contributed by atoms with Crippen LogP contribution >= 0.6 is 7.67 Å². The first-order chi connectivity index (χ1) is 9.19. The SMILES string of the molecule is CC[C@H]1CN1P(=O)(Oc1ccccc1)N1C[C@@H]1CC. The van der Waals surface area contributed by atoms with Crippen LogP contribution in [0, 0.1) is 0 Å². The smallest absolute Gasteiger partial charge is 0.396 e. The van der Waals surface area contributed by atoms with Gasteiger partial charge in [-0.2, -0.15) is 0 Å². The maximum atomic E-state index is 13.3. The van der Waals surface area contributed by atoms with Gasteiger partial charge in [-0.1, -0.05) is 32.0 Å². The summed E-state index contributed by atoms with van der Waals surface area (Å²) in [6, 6.07) is 10.4. The zero-order valence-corrected chi connectivity index (χ0v) is 12.4. The van der Waals surface area contributed by atoms with E-state index in [1.807, 2.05) is 39.7 Å². The molecule has 104 valence electrons. The van der Waals surface area contributed by atoms with Gasteiger partial charge in [-0.25, -0.2) is 13.9 Å². The average Bonchev–Trinajstić information content (AvgIpc) is 3.31. The van der Waals surface area contributed by atoms with E-state index in [4.69, 9.17) is 4.52 Å². The summed E-state index contributed by atoms with van der Waals surface area (Å²) >= 11 is 0. The minimum Gasteiger partial charge on any atom is -0.422 e. The van der Waals surface area contributed by atoms with Crippen LogP contribution in [0.2, 0.25) is 0 Å². The zero-order valence-electron chi connectivity index (χ0n) is 11.5. The molecule has 3 rings (SSSR count). The highest BCUT2D eigenvalue weighted by Crippen LogP contribution is 2.65. The van der Waals surface area contributed by atoms with E-state index in [0.717, 1.165) is 25.9 Å². The van der Waals surface area contributed by atoms with Crippen LogP contribution in [0.5, 0.6) is 5.75 Å². The van der Waals surface area contributed by atoms with Crippen LogP contribution in [0.4, 0.5) is 0 Å². The van der Waals surface area contributed by atoms with Crippen LogP contribution in [0.25, 0.3) is 0 Å². The number of hydrogen-bond donors (Lipinski definition) is 0. The molecule has 0 N–H and O–H groups in total. The van der Waals surface area contributed by atoms with Crippen molar-refractivity contribution in [1.29, 1.82) is 0 Å². The molecular weight excluding hydrogens is 259 g/mol. The molecule has 0 spiro atoms. The van der Waals surface area contributed by atoms with Gasteiger partial charge in [-0.3, -0.25) is 0 Å². The molecule has 4 atom stereocenters. The van der Waals surface area contributed by atoms with E-state index < -0.39 is 7.67 Å². The predicted octanol–water partition coefficient (Wildman–Crippen LogP) is 3.36. The van der Waals surface area contributed by atoms with Crippen LogP contribution in [0.3, 0.4) is 0 Å². The summed E-state index contributed by atoms with van der Waals surface area (Å²) in [4.78, 5) is 0. The molecule has 1 aromatic rings. The quantitative estimate of drug-likeness (QED) is 0.591. The fourth-order valence-electron chi connectivity index (χ4n) is 2.51. The summed E-state index contributed by atoms with van der Waals surface area (Å²) in [6.45, 7) is 6.06. The van der Waals surface area contributed by atoms with E-state index in [1.54, 1.807) is 0 Å². The van der Waals surface area contributed by atoms with Gasteiger partial charge in [0.25, 0.3) is 0 Å². The molecule has 2 aliphatic rings.